The Balaban J connectivity index is 2.06. The van der Waals surface area contributed by atoms with Crippen molar-refractivity contribution in [3.8, 4) is 11.5 Å². The molecule has 1 rings (SSSR count). The summed E-state index contributed by atoms with van der Waals surface area (Å²) in [5, 5.41) is 8.68. The van der Waals surface area contributed by atoms with Gasteiger partial charge in [-0.3, -0.25) is 0 Å². The van der Waals surface area contributed by atoms with Crippen LogP contribution in [-0.2, 0) is 4.79 Å². The molecule has 0 aromatic heterocycles. The molecule has 0 saturated carbocycles. The maximum absolute atomic E-state index is 10.6. The molecule has 0 fully saturated rings. The van der Waals surface area contributed by atoms with Crippen molar-refractivity contribution < 1.29 is 19.4 Å². The van der Waals surface area contributed by atoms with Crippen molar-refractivity contribution >= 4 is 5.97 Å². The monoisotopic (exact) mass is 336 g/mol. The summed E-state index contributed by atoms with van der Waals surface area (Å²) in [6, 6.07) is 7.22. The molecular weight excluding hydrogens is 304 g/mol. The molecule has 0 unspecified atom stereocenters. The Morgan fingerprint density at radius 2 is 1.33 bits per heavy atom. The van der Waals surface area contributed by atoms with Crippen LogP contribution < -0.4 is 9.47 Å². The van der Waals surface area contributed by atoms with E-state index in [0.29, 0.717) is 18.1 Å². The van der Waals surface area contributed by atoms with Gasteiger partial charge in [-0.1, -0.05) is 76.8 Å². The summed E-state index contributed by atoms with van der Waals surface area (Å²) in [7, 11) is 0. The van der Waals surface area contributed by atoms with E-state index in [-0.39, 0.29) is 6.61 Å². The minimum atomic E-state index is -0.987. The summed E-state index contributed by atoms with van der Waals surface area (Å²) in [5.74, 6) is 0.126. The largest absolute Gasteiger partial charge is 0.490 e. The molecule has 0 aliphatic heterocycles. The van der Waals surface area contributed by atoms with E-state index in [2.05, 4.69) is 6.92 Å². The summed E-state index contributed by atoms with van der Waals surface area (Å²) < 4.78 is 10.9. The molecule has 0 amide bonds. The molecule has 0 bridgehead atoms. The van der Waals surface area contributed by atoms with E-state index in [9.17, 15) is 4.79 Å². The van der Waals surface area contributed by atoms with Crippen molar-refractivity contribution in [3.05, 3.63) is 24.3 Å². The zero-order valence-electron chi connectivity index (χ0n) is 15.0. The molecule has 4 nitrogen and oxygen atoms in total. The third-order valence-electron chi connectivity index (χ3n) is 3.96. The van der Waals surface area contributed by atoms with E-state index in [1.807, 2.05) is 18.2 Å². The molecule has 4 heteroatoms. The Kier molecular flexibility index (Phi) is 11.6. The molecule has 1 N–H and O–H groups in total. The summed E-state index contributed by atoms with van der Waals surface area (Å²) in [5.41, 5.74) is 0. The zero-order chi connectivity index (χ0) is 17.5. The maximum atomic E-state index is 10.6. The first-order chi connectivity index (χ1) is 11.7. The minimum absolute atomic E-state index is 0.349. The number of rotatable bonds is 15. The van der Waals surface area contributed by atoms with Crippen LogP contribution in [0.15, 0.2) is 24.3 Å². The van der Waals surface area contributed by atoms with Gasteiger partial charge in [-0.15, -0.1) is 0 Å². The van der Waals surface area contributed by atoms with Gasteiger partial charge in [0.05, 0.1) is 6.61 Å². The lowest BCUT2D eigenvalue weighted by Crippen LogP contribution is -2.10. The Morgan fingerprint density at radius 1 is 0.833 bits per heavy atom. The number of carbonyl (C=O) groups is 1. The molecule has 0 heterocycles. The lowest BCUT2D eigenvalue weighted by atomic mass is 10.1. The van der Waals surface area contributed by atoms with Crippen LogP contribution in [0.3, 0.4) is 0 Å². The van der Waals surface area contributed by atoms with Gasteiger partial charge in [0.2, 0.25) is 0 Å². The quantitative estimate of drug-likeness (QED) is 0.433. The molecule has 24 heavy (non-hydrogen) atoms. The van der Waals surface area contributed by atoms with E-state index < -0.39 is 5.97 Å². The molecule has 0 radical (unpaired) electrons. The first-order valence-electron chi connectivity index (χ1n) is 9.30. The van der Waals surface area contributed by atoms with Crippen molar-refractivity contribution in [2.24, 2.45) is 0 Å². The van der Waals surface area contributed by atoms with Crippen LogP contribution in [0.1, 0.15) is 71.1 Å². The van der Waals surface area contributed by atoms with Crippen LogP contribution >= 0.6 is 0 Å². The van der Waals surface area contributed by atoms with Gasteiger partial charge >= 0.3 is 5.97 Å². The van der Waals surface area contributed by atoms with Gasteiger partial charge in [-0.25, -0.2) is 4.79 Å². The maximum Gasteiger partial charge on any atom is 0.341 e. The summed E-state index contributed by atoms with van der Waals surface area (Å²) >= 11 is 0. The molecule has 0 aliphatic carbocycles. The number of hydrogen-bond donors (Lipinski definition) is 1. The highest BCUT2D eigenvalue weighted by atomic mass is 16.5. The highest BCUT2D eigenvalue weighted by Crippen LogP contribution is 2.26. The summed E-state index contributed by atoms with van der Waals surface area (Å²) in [6.45, 7) is 2.54. The average Bonchev–Trinajstić information content (AvgIpc) is 2.58. The summed E-state index contributed by atoms with van der Waals surface area (Å²) in [4.78, 5) is 10.6. The Hall–Kier alpha value is -1.71. The predicted octanol–water partition coefficient (Wildman–Crippen LogP) is 5.45. The normalized spacial score (nSPS) is 10.5. The number of hydrogen-bond acceptors (Lipinski definition) is 3. The lowest BCUT2D eigenvalue weighted by Gasteiger charge is -2.11. The zero-order valence-corrected chi connectivity index (χ0v) is 15.0. The Bertz CT molecular complexity index is 445. The topological polar surface area (TPSA) is 55.8 Å². The number of carboxylic acid groups (broad SMARTS) is 1. The van der Waals surface area contributed by atoms with Gasteiger partial charge in [0, 0.05) is 0 Å². The standard InChI is InChI=1S/C20H32O4/c1-2-3-4-5-6-7-8-9-10-13-16-23-18-14-11-12-15-19(18)24-17-20(21)22/h11-12,14-15H,2-10,13,16-17H2,1H3,(H,21,22). The van der Waals surface area contributed by atoms with Crippen LogP contribution in [-0.4, -0.2) is 24.3 Å². The highest BCUT2D eigenvalue weighted by molar-refractivity contribution is 5.68. The molecule has 1 aromatic carbocycles. The van der Waals surface area contributed by atoms with Crippen molar-refractivity contribution in [3.63, 3.8) is 0 Å². The second-order valence-corrected chi connectivity index (χ2v) is 6.16. The smallest absolute Gasteiger partial charge is 0.341 e. The number of benzene rings is 1. The highest BCUT2D eigenvalue weighted by Gasteiger charge is 2.06. The Labute approximate surface area is 146 Å². The molecule has 1 aromatic rings. The lowest BCUT2D eigenvalue weighted by molar-refractivity contribution is -0.139. The molecule has 0 spiro atoms. The van der Waals surface area contributed by atoms with Crippen molar-refractivity contribution in [1.29, 1.82) is 0 Å². The van der Waals surface area contributed by atoms with Crippen molar-refractivity contribution in [2.45, 2.75) is 71.1 Å². The average molecular weight is 336 g/mol. The first kappa shape index (κ1) is 20.3. The minimum Gasteiger partial charge on any atom is -0.490 e. The summed E-state index contributed by atoms with van der Waals surface area (Å²) in [6.07, 6.45) is 12.9. The van der Waals surface area contributed by atoms with Crippen LogP contribution in [0.4, 0.5) is 0 Å². The van der Waals surface area contributed by atoms with E-state index >= 15 is 0 Å². The predicted molar refractivity (Wildman–Crippen MR) is 96.9 cm³/mol. The van der Waals surface area contributed by atoms with Gasteiger partial charge in [0.15, 0.2) is 18.1 Å². The SMILES string of the molecule is CCCCCCCCCCCCOc1ccccc1OCC(=O)O. The Morgan fingerprint density at radius 3 is 1.88 bits per heavy atom. The van der Waals surface area contributed by atoms with Crippen LogP contribution in [0, 0.1) is 0 Å². The number of carboxylic acids is 1. The number of para-hydroxylation sites is 2. The van der Waals surface area contributed by atoms with Gasteiger partial charge in [0.25, 0.3) is 0 Å². The van der Waals surface area contributed by atoms with Gasteiger partial charge < -0.3 is 14.6 Å². The molecule has 136 valence electrons. The van der Waals surface area contributed by atoms with Gasteiger partial charge in [0.1, 0.15) is 0 Å². The molecular formula is C20H32O4. The second-order valence-electron chi connectivity index (χ2n) is 6.16. The number of ether oxygens (including phenoxy) is 2. The van der Waals surface area contributed by atoms with Gasteiger partial charge in [-0.2, -0.15) is 0 Å². The van der Waals surface area contributed by atoms with Crippen molar-refractivity contribution in [1.82, 2.24) is 0 Å². The van der Waals surface area contributed by atoms with E-state index in [4.69, 9.17) is 14.6 Å². The fourth-order valence-electron chi connectivity index (χ4n) is 2.60. The molecule has 0 aliphatic rings. The second kappa shape index (κ2) is 13.7. The number of aliphatic carboxylic acids is 1. The fraction of sp³-hybridized carbons (Fsp3) is 0.650. The third kappa shape index (κ3) is 10.1. The molecule has 0 atom stereocenters. The van der Waals surface area contributed by atoms with Crippen LogP contribution in [0.2, 0.25) is 0 Å². The van der Waals surface area contributed by atoms with E-state index in [0.717, 1.165) is 6.42 Å². The fourth-order valence-corrected chi connectivity index (χ4v) is 2.60. The first-order valence-corrected chi connectivity index (χ1v) is 9.30. The van der Waals surface area contributed by atoms with Crippen LogP contribution in [0.25, 0.3) is 0 Å². The van der Waals surface area contributed by atoms with E-state index in [1.165, 1.54) is 57.8 Å². The molecule has 0 saturated heterocycles. The van der Waals surface area contributed by atoms with Gasteiger partial charge in [-0.05, 0) is 18.6 Å². The number of unbranched alkanes of at least 4 members (excludes halogenated alkanes) is 9. The van der Waals surface area contributed by atoms with E-state index in [1.54, 1.807) is 6.07 Å². The van der Waals surface area contributed by atoms with Crippen molar-refractivity contribution in [2.75, 3.05) is 13.2 Å². The van der Waals surface area contributed by atoms with Crippen LogP contribution in [0.5, 0.6) is 11.5 Å². The third-order valence-corrected chi connectivity index (χ3v) is 3.96.